The van der Waals surface area contributed by atoms with Crippen molar-refractivity contribution in [3.8, 4) is 11.3 Å². The molecule has 3 heterocycles. The second-order valence-electron chi connectivity index (χ2n) is 7.97. The zero-order valence-corrected chi connectivity index (χ0v) is 17.2. The molecule has 7 heteroatoms. The molecule has 5 rings (SSSR count). The second-order valence-corrected chi connectivity index (χ2v) is 7.97. The van der Waals surface area contributed by atoms with Gasteiger partial charge in [-0.05, 0) is 37.8 Å². The topological polar surface area (TPSA) is 72.4 Å². The largest absolute Gasteiger partial charge is 0.438 e. The number of carbonyl (C=O) groups is 1. The first kappa shape index (κ1) is 19.5. The first-order valence-corrected chi connectivity index (χ1v) is 10.4. The molecule has 0 N–H and O–H groups in total. The maximum Gasteiger partial charge on any atom is 0.259 e. The van der Waals surface area contributed by atoms with Crippen molar-refractivity contribution in [1.82, 2.24) is 15.0 Å². The molecule has 1 atom stereocenters. The van der Waals surface area contributed by atoms with Gasteiger partial charge in [-0.1, -0.05) is 41.6 Å². The number of rotatable bonds is 5. The fourth-order valence-electron chi connectivity index (χ4n) is 4.22. The summed E-state index contributed by atoms with van der Waals surface area (Å²) in [5.41, 5.74) is 2.72. The average Bonchev–Trinajstić information content (AvgIpc) is 3.51. The number of benzene rings is 2. The van der Waals surface area contributed by atoms with Gasteiger partial charge in [0.2, 0.25) is 0 Å². The molecule has 4 aromatic rings. The normalized spacial score (nSPS) is 16.3. The minimum absolute atomic E-state index is 0.0518. The van der Waals surface area contributed by atoms with E-state index in [0.29, 0.717) is 53.9 Å². The number of oxazole rings is 1. The van der Waals surface area contributed by atoms with Crippen LogP contribution in [-0.2, 0) is 6.42 Å². The van der Waals surface area contributed by atoms with Crippen LogP contribution in [0.3, 0.4) is 0 Å². The maximum atomic E-state index is 13.8. The molecular weight excluding hydrogens is 397 g/mol. The average molecular weight is 419 g/mol. The number of aromatic nitrogens is 2. The van der Waals surface area contributed by atoms with E-state index in [2.05, 4.69) is 10.1 Å². The number of nitrogens with zero attached hydrogens (tertiary/aromatic N) is 3. The van der Waals surface area contributed by atoms with Crippen LogP contribution < -0.4 is 0 Å². The van der Waals surface area contributed by atoms with Crippen LogP contribution in [0.4, 0.5) is 4.39 Å². The summed E-state index contributed by atoms with van der Waals surface area (Å²) in [5.74, 6) is 0.951. The molecule has 1 amide bonds. The van der Waals surface area contributed by atoms with Gasteiger partial charge in [0, 0.05) is 25.1 Å². The van der Waals surface area contributed by atoms with Gasteiger partial charge in [0.15, 0.2) is 17.3 Å². The number of likely N-dealkylation sites (tertiary alicyclic amines) is 1. The predicted molar refractivity (Wildman–Crippen MR) is 113 cm³/mol. The summed E-state index contributed by atoms with van der Waals surface area (Å²) in [6, 6.07) is 14.3. The zero-order valence-electron chi connectivity index (χ0n) is 17.2. The molecule has 2 aromatic heterocycles. The lowest BCUT2D eigenvalue weighted by molar-refractivity contribution is 0.0785. The maximum absolute atomic E-state index is 13.8. The molecule has 2 aromatic carbocycles. The number of aryl methyl sites for hydroxylation is 2. The third kappa shape index (κ3) is 3.71. The Balaban J connectivity index is 1.26. The van der Waals surface area contributed by atoms with Crippen molar-refractivity contribution in [2.75, 3.05) is 13.1 Å². The Morgan fingerprint density at radius 2 is 2.03 bits per heavy atom. The van der Waals surface area contributed by atoms with Crippen molar-refractivity contribution in [3.05, 3.63) is 71.6 Å². The molecule has 158 valence electrons. The number of hydrogen-bond acceptors (Lipinski definition) is 5. The summed E-state index contributed by atoms with van der Waals surface area (Å²) in [4.78, 5) is 19.5. The van der Waals surface area contributed by atoms with E-state index in [-0.39, 0.29) is 11.5 Å². The van der Waals surface area contributed by atoms with Crippen molar-refractivity contribution >= 4 is 17.0 Å². The summed E-state index contributed by atoms with van der Waals surface area (Å²) in [6.45, 7) is 3.11. The van der Waals surface area contributed by atoms with Crippen molar-refractivity contribution in [3.63, 3.8) is 0 Å². The van der Waals surface area contributed by atoms with Gasteiger partial charge in [0.05, 0.1) is 0 Å². The number of amides is 1. The zero-order chi connectivity index (χ0) is 21.4. The van der Waals surface area contributed by atoms with Crippen molar-refractivity contribution in [1.29, 1.82) is 0 Å². The number of para-hydroxylation sites is 1. The molecule has 1 saturated heterocycles. The molecule has 1 aliphatic heterocycles. The van der Waals surface area contributed by atoms with E-state index in [1.54, 1.807) is 19.1 Å². The van der Waals surface area contributed by atoms with Crippen LogP contribution in [0.15, 0.2) is 57.5 Å². The van der Waals surface area contributed by atoms with E-state index in [0.717, 1.165) is 18.4 Å². The van der Waals surface area contributed by atoms with Crippen LogP contribution >= 0.6 is 0 Å². The molecule has 1 aliphatic rings. The molecule has 0 unspecified atom stereocenters. The third-order valence-electron chi connectivity index (χ3n) is 5.87. The molecule has 0 radical (unpaired) electrons. The Kier molecular flexibility index (Phi) is 5.02. The highest BCUT2D eigenvalue weighted by atomic mass is 19.1. The molecule has 0 aliphatic carbocycles. The van der Waals surface area contributed by atoms with E-state index in [1.807, 2.05) is 35.2 Å². The van der Waals surface area contributed by atoms with Gasteiger partial charge < -0.3 is 13.8 Å². The van der Waals surface area contributed by atoms with Crippen LogP contribution in [0.25, 0.3) is 22.4 Å². The first-order chi connectivity index (χ1) is 15.1. The van der Waals surface area contributed by atoms with Gasteiger partial charge in [-0.25, -0.2) is 9.37 Å². The van der Waals surface area contributed by atoms with Crippen molar-refractivity contribution in [2.24, 2.45) is 5.92 Å². The van der Waals surface area contributed by atoms with Crippen LogP contribution in [0.2, 0.25) is 0 Å². The highest BCUT2D eigenvalue weighted by Crippen LogP contribution is 2.30. The molecule has 0 saturated carbocycles. The van der Waals surface area contributed by atoms with E-state index >= 15 is 0 Å². The SMILES string of the molecule is Cc1onc(-c2ccccc2)c1C(=O)N1CC[C@@H](CCc2nc3cccc(F)c3o2)C1. The fourth-order valence-corrected chi connectivity index (χ4v) is 4.22. The van der Waals surface area contributed by atoms with Crippen LogP contribution in [-0.4, -0.2) is 34.0 Å². The van der Waals surface area contributed by atoms with E-state index in [4.69, 9.17) is 8.94 Å². The number of halogens is 1. The molecule has 0 spiro atoms. The Labute approximate surface area is 178 Å². The Hall–Kier alpha value is -3.48. The Morgan fingerprint density at radius 1 is 1.19 bits per heavy atom. The minimum Gasteiger partial charge on any atom is -0.438 e. The number of carbonyl (C=O) groups excluding carboxylic acids is 1. The van der Waals surface area contributed by atoms with Crippen LogP contribution in [0.1, 0.15) is 34.9 Å². The smallest absolute Gasteiger partial charge is 0.259 e. The van der Waals surface area contributed by atoms with E-state index in [9.17, 15) is 9.18 Å². The van der Waals surface area contributed by atoms with Gasteiger partial charge in [0.1, 0.15) is 22.5 Å². The highest BCUT2D eigenvalue weighted by molar-refractivity contribution is 6.00. The summed E-state index contributed by atoms with van der Waals surface area (Å²) in [7, 11) is 0. The van der Waals surface area contributed by atoms with Crippen LogP contribution in [0.5, 0.6) is 0 Å². The molecule has 6 nitrogen and oxygen atoms in total. The van der Waals surface area contributed by atoms with Crippen molar-refractivity contribution in [2.45, 2.75) is 26.2 Å². The summed E-state index contributed by atoms with van der Waals surface area (Å²) >= 11 is 0. The molecule has 1 fully saturated rings. The second kappa shape index (κ2) is 7.98. The fraction of sp³-hybridized carbons (Fsp3) is 0.292. The number of fused-ring (bicyclic) bond motifs is 1. The number of hydrogen-bond donors (Lipinski definition) is 0. The molecule has 31 heavy (non-hydrogen) atoms. The monoisotopic (exact) mass is 419 g/mol. The van der Waals surface area contributed by atoms with Gasteiger partial charge in [-0.2, -0.15) is 0 Å². The lowest BCUT2D eigenvalue weighted by atomic mass is 10.0. The molecule has 0 bridgehead atoms. The summed E-state index contributed by atoms with van der Waals surface area (Å²) in [6.07, 6.45) is 2.35. The Morgan fingerprint density at radius 3 is 2.84 bits per heavy atom. The quantitative estimate of drug-likeness (QED) is 0.454. The van der Waals surface area contributed by atoms with E-state index < -0.39 is 5.82 Å². The first-order valence-electron chi connectivity index (χ1n) is 10.4. The van der Waals surface area contributed by atoms with Gasteiger partial charge >= 0.3 is 0 Å². The van der Waals surface area contributed by atoms with Gasteiger partial charge in [0.25, 0.3) is 5.91 Å². The predicted octanol–water partition coefficient (Wildman–Crippen LogP) is 5.03. The van der Waals surface area contributed by atoms with Crippen molar-refractivity contribution < 1.29 is 18.1 Å². The van der Waals surface area contributed by atoms with Gasteiger partial charge in [-0.3, -0.25) is 4.79 Å². The standard InChI is InChI=1S/C24H22FN3O3/c1-15-21(22(27-31-15)17-6-3-2-4-7-17)24(29)28-13-12-16(14-28)10-11-20-26-19-9-5-8-18(25)23(19)30-20/h2-9,16H,10-14H2,1H3/t16-/m1/s1. The van der Waals surface area contributed by atoms with Crippen LogP contribution in [0, 0.1) is 18.7 Å². The van der Waals surface area contributed by atoms with E-state index in [1.165, 1.54) is 6.07 Å². The Bertz CT molecular complexity index is 1230. The molecular formula is C24H22FN3O3. The minimum atomic E-state index is -0.396. The lowest BCUT2D eigenvalue weighted by Gasteiger charge is -2.16. The lowest BCUT2D eigenvalue weighted by Crippen LogP contribution is -2.29. The third-order valence-corrected chi connectivity index (χ3v) is 5.87. The van der Waals surface area contributed by atoms with Gasteiger partial charge in [-0.15, -0.1) is 0 Å². The summed E-state index contributed by atoms with van der Waals surface area (Å²) in [5, 5.41) is 4.13. The highest BCUT2D eigenvalue weighted by Gasteiger charge is 2.31. The summed E-state index contributed by atoms with van der Waals surface area (Å²) < 4.78 is 24.8.